The smallest absolute Gasteiger partial charge is 0.377 e. The lowest BCUT2D eigenvalue weighted by atomic mass is 9.78. The largest absolute Gasteiger partial charge is 0.497 e. The van der Waals surface area contributed by atoms with Gasteiger partial charge in [-0.1, -0.05) is 0 Å². The molecule has 0 aromatic heterocycles. The van der Waals surface area contributed by atoms with Crippen LogP contribution in [0.15, 0.2) is 12.1 Å². The maximum absolute atomic E-state index is 14.4. The molecule has 1 aromatic carbocycles. The Bertz CT molecular complexity index is 707. The highest BCUT2D eigenvalue weighted by Gasteiger charge is 2.56. The van der Waals surface area contributed by atoms with Crippen LogP contribution >= 0.6 is 0 Å². The molecule has 138 valence electrons. The van der Waals surface area contributed by atoms with Gasteiger partial charge in [0.2, 0.25) is 5.91 Å². The zero-order valence-electron chi connectivity index (χ0n) is 14.8. The molecule has 0 saturated heterocycles. The van der Waals surface area contributed by atoms with Crippen LogP contribution in [0, 0.1) is 0 Å². The monoisotopic (exact) mass is 357 g/mol. The number of likely N-dealkylation sites (N-methyl/N-ethyl adjacent to an activating group) is 1. The lowest BCUT2D eigenvalue weighted by Gasteiger charge is -2.27. The number of rotatable bonds is 6. The Morgan fingerprint density at radius 3 is 2.44 bits per heavy atom. The van der Waals surface area contributed by atoms with E-state index < -0.39 is 29.6 Å². The molecule has 6 nitrogen and oxygen atoms in total. The normalized spacial score (nSPS) is 19.6. The molecular weight excluding hydrogens is 336 g/mol. The number of benzene rings is 1. The van der Waals surface area contributed by atoms with E-state index in [9.17, 15) is 18.4 Å². The molecule has 1 unspecified atom stereocenters. The van der Waals surface area contributed by atoms with Gasteiger partial charge in [0.1, 0.15) is 11.5 Å². The van der Waals surface area contributed by atoms with Gasteiger partial charge in [-0.2, -0.15) is 8.78 Å². The second kappa shape index (κ2) is 6.50. The van der Waals surface area contributed by atoms with Crippen molar-refractivity contribution in [3.05, 3.63) is 17.7 Å². The van der Waals surface area contributed by atoms with Gasteiger partial charge in [-0.05, 0) is 25.5 Å². The molecule has 25 heavy (non-hydrogen) atoms. The molecule has 1 atom stereocenters. The van der Waals surface area contributed by atoms with E-state index in [1.807, 2.05) is 0 Å². The number of esters is 1. The topological polar surface area (TPSA) is 65.1 Å². The summed E-state index contributed by atoms with van der Waals surface area (Å²) in [7, 11) is 4.31. The molecule has 0 radical (unpaired) electrons. The average Bonchev–Trinajstić information content (AvgIpc) is 2.75. The predicted octanol–water partition coefficient (Wildman–Crippen LogP) is 2.53. The number of methoxy groups -OCH3 is 2. The van der Waals surface area contributed by atoms with Crippen molar-refractivity contribution in [2.45, 2.75) is 31.6 Å². The van der Waals surface area contributed by atoms with Gasteiger partial charge in [0.05, 0.1) is 31.9 Å². The molecular formula is C17H21F2NO5. The van der Waals surface area contributed by atoms with Gasteiger partial charge in [0, 0.05) is 19.5 Å². The van der Waals surface area contributed by atoms with Crippen molar-refractivity contribution in [3.8, 4) is 11.5 Å². The Morgan fingerprint density at radius 1 is 1.28 bits per heavy atom. The summed E-state index contributed by atoms with van der Waals surface area (Å²) in [5, 5.41) is 0. The number of carbonyl (C=O) groups is 2. The zero-order valence-corrected chi connectivity index (χ0v) is 14.8. The van der Waals surface area contributed by atoms with Crippen LogP contribution in [0.5, 0.6) is 11.5 Å². The quantitative estimate of drug-likeness (QED) is 0.732. The lowest BCUT2D eigenvalue weighted by molar-refractivity contribution is -0.174. The molecule has 1 aliphatic heterocycles. The molecule has 2 rings (SSSR count). The van der Waals surface area contributed by atoms with Gasteiger partial charge >= 0.3 is 11.9 Å². The van der Waals surface area contributed by atoms with E-state index in [0.29, 0.717) is 22.7 Å². The van der Waals surface area contributed by atoms with Gasteiger partial charge in [-0.25, -0.2) is 4.79 Å². The Morgan fingerprint density at radius 2 is 1.92 bits per heavy atom. The average molecular weight is 357 g/mol. The molecule has 0 bridgehead atoms. The number of nitrogens with zero attached hydrogens (tertiary/aromatic N) is 1. The van der Waals surface area contributed by atoms with Crippen LogP contribution in [0.3, 0.4) is 0 Å². The van der Waals surface area contributed by atoms with Crippen LogP contribution in [0.1, 0.15) is 25.8 Å². The number of ether oxygens (including phenoxy) is 3. The molecule has 1 heterocycles. The van der Waals surface area contributed by atoms with E-state index in [1.54, 1.807) is 6.07 Å². The van der Waals surface area contributed by atoms with Crippen molar-refractivity contribution in [1.29, 1.82) is 0 Å². The first kappa shape index (κ1) is 19.0. The fourth-order valence-corrected chi connectivity index (χ4v) is 3.13. The molecule has 1 aromatic rings. The van der Waals surface area contributed by atoms with Crippen molar-refractivity contribution < 1.29 is 32.6 Å². The number of alkyl halides is 2. The summed E-state index contributed by atoms with van der Waals surface area (Å²) in [6, 6.07) is 3.08. The first-order valence-corrected chi connectivity index (χ1v) is 7.72. The van der Waals surface area contributed by atoms with Crippen molar-refractivity contribution in [2.75, 3.05) is 32.8 Å². The number of hydrogen-bond donors (Lipinski definition) is 0. The summed E-state index contributed by atoms with van der Waals surface area (Å²) in [5.41, 5.74) is -0.919. The molecule has 0 spiro atoms. The summed E-state index contributed by atoms with van der Waals surface area (Å²) >= 11 is 0. The lowest BCUT2D eigenvalue weighted by Crippen LogP contribution is -2.44. The van der Waals surface area contributed by atoms with Crippen LogP contribution in [-0.4, -0.2) is 45.7 Å². The van der Waals surface area contributed by atoms with E-state index in [1.165, 1.54) is 46.1 Å². The third-order valence-electron chi connectivity index (χ3n) is 4.36. The zero-order chi connectivity index (χ0) is 19.0. The highest BCUT2D eigenvalue weighted by atomic mass is 19.3. The third-order valence-corrected chi connectivity index (χ3v) is 4.36. The van der Waals surface area contributed by atoms with Crippen LogP contribution in [0.2, 0.25) is 0 Å². The minimum absolute atomic E-state index is 0.169. The van der Waals surface area contributed by atoms with Gasteiger partial charge in [-0.15, -0.1) is 0 Å². The summed E-state index contributed by atoms with van der Waals surface area (Å²) < 4.78 is 43.6. The van der Waals surface area contributed by atoms with E-state index in [-0.39, 0.29) is 6.61 Å². The van der Waals surface area contributed by atoms with Crippen molar-refractivity contribution >= 4 is 17.6 Å². The Labute approximate surface area is 144 Å². The second-order valence-electron chi connectivity index (χ2n) is 6.02. The Balaban J connectivity index is 2.56. The van der Waals surface area contributed by atoms with Gasteiger partial charge in [0.25, 0.3) is 0 Å². The molecule has 0 fully saturated rings. The number of halogens is 2. The predicted molar refractivity (Wildman–Crippen MR) is 86.5 cm³/mol. The van der Waals surface area contributed by atoms with Crippen molar-refractivity contribution in [2.24, 2.45) is 0 Å². The molecule has 1 amide bonds. The van der Waals surface area contributed by atoms with E-state index in [0.717, 1.165) is 0 Å². The third kappa shape index (κ3) is 3.01. The summed E-state index contributed by atoms with van der Waals surface area (Å²) in [5.74, 6) is -5.31. The summed E-state index contributed by atoms with van der Waals surface area (Å²) in [6.07, 6.45) is -1.01. The van der Waals surface area contributed by atoms with E-state index in [2.05, 4.69) is 4.74 Å². The number of anilines is 1. The van der Waals surface area contributed by atoms with Crippen molar-refractivity contribution in [1.82, 2.24) is 0 Å². The first-order valence-electron chi connectivity index (χ1n) is 7.72. The van der Waals surface area contributed by atoms with Crippen LogP contribution in [0.25, 0.3) is 0 Å². The minimum atomic E-state index is -3.81. The summed E-state index contributed by atoms with van der Waals surface area (Å²) in [4.78, 5) is 25.6. The standard InChI is InChI=1S/C17H21F2NO5/c1-6-25-15(22)17(18,19)9-16(2)11-7-10(23-4)8-12(24-5)13(11)20(3)14(16)21/h7-8H,6,9H2,1-5H3. The molecule has 0 aliphatic carbocycles. The maximum Gasteiger partial charge on any atom is 0.377 e. The Hall–Kier alpha value is -2.38. The van der Waals surface area contributed by atoms with Crippen LogP contribution < -0.4 is 14.4 Å². The fraction of sp³-hybridized carbons (Fsp3) is 0.529. The SMILES string of the molecule is CCOC(=O)C(F)(F)CC1(C)C(=O)N(C)c2c(OC)cc(OC)cc21. The van der Waals surface area contributed by atoms with Crippen LogP contribution in [0.4, 0.5) is 14.5 Å². The van der Waals surface area contributed by atoms with Crippen molar-refractivity contribution in [3.63, 3.8) is 0 Å². The first-order chi connectivity index (χ1) is 11.6. The minimum Gasteiger partial charge on any atom is -0.497 e. The highest BCUT2D eigenvalue weighted by Crippen LogP contribution is 2.51. The molecule has 1 aliphatic rings. The van der Waals surface area contributed by atoms with Gasteiger partial charge < -0.3 is 19.1 Å². The maximum atomic E-state index is 14.4. The molecule has 8 heteroatoms. The summed E-state index contributed by atoms with van der Waals surface area (Å²) in [6.45, 7) is 2.65. The van der Waals surface area contributed by atoms with E-state index >= 15 is 0 Å². The molecule has 0 N–H and O–H groups in total. The fourth-order valence-electron chi connectivity index (χ4n) is 3.13. The Kier molecular flexibility index (Phi) is 4.92. The van der Waals surface area contributed by atoms with Gasteiger partial charge in [0.15, 0.2) is 0 Å². The van der Waals surface area contributed by atoms with Crippen LogP contribution in [-0.2, 0) is 19.7 Å². The number of carbonyl (C=O) groups excluding carboxylic acids is 2. The van der Waals surface area contributed by atoms with E-state index in [4.69, 9.17) is 9.47 Å². The highest BCUT2D eigenvalue weighted by molar-refractivity contribution is 6.09. The molecule has 0 saturated carbocycles. The second-order valence-corrected chi connectivity index (χ2v) is 6.02. The number of amides is 1. The number of fused-ring (bicyclic) bond motifs is 1. The van der Waals surface area contributed by atoms with Gasteiger partial charge in [-0.3, -0.25) is 4.79 Å². The number of hydrogen-bond acceptors (Lipinski definition) is 5.